The summed E-state index contributed by atoms with van der Waals surface area (Å²) in [6.45, 7) is 7.63. The lowest BCUT2D eigenvalue weighted by molar-refractivity contribution is 0.860. The van der Waals surface area contributed by atoms with Crippen LogP contribution >= 0.6 is 22.7 Å². The van der Waals surface area contributed by atoms with E-state index in [2.05, 4.69) is 41.1 Å². The first-order valence-corrected chi connectivity index (χ1v) is 10.4. The van der Waals surface area contributed by atoms with Gasteiger partial charge < -0.3 is 4.90 Å². The predicted molar refractivity (Wildman–Crippen MR) is 114 cm³/mol. The molecule has 0 fully saturated rings. The van der Waals surface area contributed by atoms with Gasteiger partial charge in [-0.3, -0.25) is 0 Å². The summed E-state index contributed by atoms with van der Waals surface area (Å²) >= 11 is 2.66. The second-order valence-electron chi connectivity index (χ2n) is 5.85. The predicted octanol–water partition coefficient (Wildman–Crippen LogP) is 6.18. The molecule has 0 unspecified atom stereocenters. The Kier molecular flexibility index (Phi) is 6.15. The maximum atomic E-state index is 9.41. The third-order valence-corrected chi connectivity index (χ3v) is 6.33. The highest BCUT2D eigenvalue weighted by molar-refractivity contribution is 7.19. The van der Waals surface area contributed by atoms with Crippen LogP contribution in [-0.2, 0) is 0 Å². The molecule has 140 valence electrons. The number of hydrogen-bond donors (Lipinski definition) is 0. The molecular formula is C20H18N6S2. The van der Waals surface area contributed by atoms with Crippen LogP contribution in [0, 0.1) is 29.6 Å². The molecule has 0 bridgehead atoms. The van der Waals surface area contributed by atoms with E-state index in [9.17, 15) is 10.5 Å². The Hall–Kier alpha value is -3.07. The lowest BCUT2D eigenvalue weighted by Crippen LogP contribution is -2.21. The van der Waals surface area contributed by atoms with Gasteiger partial charge in [0, 0.05) is 18.7 Å². The number of nitriles is 2. The van der Waals surface area contributed by atoms with Gasteiger partial charge in [0.15, 0.2) is 15.1 Å². The topological polar surface area (TPSA) is 88.4 Å². The van der Waals surface area contributed by atoms with Gasteiger partial charge in [-0.1, -0.05) is 41.7 Å². The van der Waals surface area contributed by atoms with Gasteiger partial charge in [-0.05, 0) is 26.3 Å². The Morgan fingerprint density at radius 3 is 2.29 bits per heavy atom. The standard InChI is InChI=1S/C20H18N6S2/c1-4-26(5-2)20-23-17(14-9-7-6-8-10-14)19(28-20)25-24-18-15(11-21)13(3)16(12-22)27-18/h6-10H,4-5H2,1-3H3/b25-24+. The average Bonchev–Trinajstić information content (AvgIpc) is 3.28. The molecule has 2 aromatic heterocycles. The largest absolute Gasteiger partial charge is 0.349 e. The van der Waals surface area contributed by atoms with Gasteiger partial charge in [-0.25, -0.2) is 4.98 Å². The average molecular weight is 407 g/mol. The van der Waals surface area contributed by atoms with Crippen molar-refractivity contribution < 1.29 is 0 Å². The normalized spacial score (nSPS) is 10.8. The number of azo groups is 1. The number of thiazole rings is 1. The maximum absolute atomic E-state index is 9.41. The number of thiophene rings is 1. The van der Waals surface area contributed by atoms with Gasteiger partial charge in [-0.2, -0.15) is 10.5 Å². The molecule has 0 saturated carbocycles. The van der Waals surface area contributed by atoms with E-state index >= 15 is 0 Å². The third-order valence-electron chi connectivity index (χ3n) is 4.25. The molecule has 8 heteroatoms. The van der Waals surface area contributed by atoms with Crippen LogP contribution in [0.1, 0.15) is 29.9 Å². The zero-order valence-corrected chi connectivity index (χ0v) is 17.4. The fraction of sp³-hybridized carbons (Fsp3) is 0.250. The van der Waals surface area contributed by atoms with Crippen LogP contribution in [0.15, 0.2) is 40.6 Å². The third kappa shape index (κ3) is 3.79. The van der Waals surface area contributed by atoms with Crippen LogP contribution in [0.25, 0.3) is 11.3 Å². The number of nitrogens with zero attached hydrogens (tertiary/aromatic N) is 6. The van der Waals surface area contributed by atoms with Gasteiger partial charge in [0.1, 0.15) is 22.7 Å². The van der Waals surface area contributed by atoms with Crippen LogP contribution in [0.3, 0.4) is 0 Å². The van der Waals surface area contributed by atoms with Crippen LogP contribution in [0.4, 0.5) is 15.1 Å². The second-order valence-corrected chi connectivity index (χ2v) is 7.80. The summed E-state index contributed by atoms with van der Waals surface area (Å²) in [4.78, 5) is 7.45. The van der Waals surface area contributed by atoms with E-state index in [1.54, 1.807) is 6.92 Å². The second kappa shape index (κ2) is 8.75. The maximum Gasteiger partial charge on any atom is 0.188 e. The minimum absolute atomic E-state index is 0.403. The van der Waals surface area contributed by atoms with Crippen molar-refractivity contribution in [2.24, 2.45) is 10.2 Å². The van der Waals surface area contributed by atoms with E-state index in [-0.39, 0.29) is 0 Å². The zero-order chi connectivity index (χ0) is 20.1. The first-order chi connectivity index (χ1) is 13.6. The smallest absolute Gasteiger partial charge is 0.188 e. The van der Waals surface area contributed by atoms with Crippen LogP contribution in [-0.4, -0.2) is 18.1 Å². The molecule has 0 N–H and O–H groups in total. The Morgan fingerprint density at radius 1 is 1.00 bits per heavy atom. The highest BCUT2D eigenvalue weighted by atomic mass is 32.1. The molecule has 0 atom stereocenters. The minimum Gasteiger partial charge on any atom is -0.349 e. The van der Waals surface area contributed by atoms with Crippen molar-refractivity contribution in [3.63, 3.8) is 0 Å². The van der Waals surface area contributed by atoms with Gasteiger partial charge >= 0.3 is 0 Å². The highest BCUT2D eigenvalue weighted by Gasteiger charge is 2.18. The number of rotatable bonds is 6. The Labute approximate surface area is 172 Å². The van der Waals surface area contributed by atoms with Crippen LogP contribution in [0.5, 0.6) is 0 Å². The molecule has 3 rings (SSSR count). The molecule has 28 heavy (non-hydrogen) atoms. The molecule has 1 aromatic carbocycles. The van der Waals surface area contributed by atoms with Gasteiger partial charge in [-0.15, -0.1) is 21.6 Å². The van der Waals surface area contributed by atoms with Crippen molar-refractivity contribution in [3.8, 4) is 23.4 Å². The molecule has 2 heterocycles. The van der Waals surface area contributed by atoms with E-state index < -0.39 is 0 Å². The minimum atomic E-state index is 0.403. The summed E-state index contributed by atoms with van der Waals surface area (Å²) < 4.78 is 0. The molecule has 3 aromatic rings. The van der Waals surface area contributed by atoms with E-state index in [1.165, 1.54) is 22.7 Å². The summed E-state index contributed by atoms with van der Waals surface area (Å²) in [5.41, 5.74) is 2.79. The first-order valence-electron chi connectivity index (χ1n) is 8.79. The zero-order valence-electron chi connectivity index (χ0n) is 15.8. The Morgan fingerprint density at radius 2 is 1.68 bits per heavy atom. The summed E-state index contributed by atoms with van der Waals surface area (Å²) in [5.74, 6) is 0. The van der Waals surface area contributed by atoms with Gasteiger partial charge in [0.05, 0.1) is 5.56 Å². The first kappa shape index (κ1) is 19.7. The van der Waals surface area contributed by atoms with Crippen molar-refractivity contribution in [2.75, 3.05) is 18.0 Å². The Bertz CT molecular complexity index is 1080. The molecule has 0 spiro atoms. The van der Waals surface area contributed by atoms with Crippen molar-refractivity contribution in [2.45, 2.75) is 20.8 Å². The number of anilines is 1. The molecule has 0 aliphatic rings. The molecule has 0 amide bonds. The van der Waals surface area contributed by atoms with E-state index in [0.29, 0.717) is 26.0 Å². The summed E-state index contributed by atoms with van der Waals surface area (Å²) in [5, 5.41) is 29.4. The fourth-order valence-corrected chi connectivity index (χ4v) is 4.60. The fourth-order valence-electron chi connectivity index (χ4n) is 2.68. The summed E-state index contributed by atoms with van der Waals surface area (Å²) in [6.07, 6.45) is 0. The SMILES string of the molecule is CCN(CC)c1nc(-c2ccccc2)c(/N=N/c2sc(C#N)c(C)c2C#N)s1. The molecule has 0 aliphatic carbocycles. The molecule has 0 aliphatic heterocycles. The lowest BCUT2D eigenvalue weighted by Gasteiger charge is -2.16. The number of aromatic nitrogens is 1. The van der Waals surface area contributed by atoms with E-state index in [4.69, 9.17) is 4.98 Å². The van der Waals surface area contributed by atoms with Crippen molar-refractivity contribution in [1.29, 1.82) is 10.5 Å². The summed E-state index contributed by atoms with van der Waals surface area (Å²) in [6, 6.07) is 14.1. The van der Waals surface area contributed by atoms with E-state index in [0.717, 1.165) is 29.5 Å². The van der Waals surface area contributed by atoms with E-state index in [1.807, 2.05) is 30.3 Å². The molecule has 0 radical (unpaired) electrons. The summed E-state index contributed by atoms with van der Waals surface area (Å²) in [7, 11) is 0. The molecular weight excluding hydrogens is 388 g/mol. The van der Waals surface area contributed by atoms with Crippen molar-refractivity contribution >= 4 is 37.8 Å². The Balaban J connectivity index is 2.08. The van der Waals surface area contributed by atoms with Crippen molar-refractivity contribution in [3.05, 3.63) is 46.3 Å². The lowest BCUT2D eigenvalue weighted by atomic mass is 10.2. The number of hydrogen-bond acceptors (Lipinski definition) is 8. The molecule has 0 saturated heterocycles. The van der Waals surface area contributed by atoms with Crippen molar-refractivity contribution in [1.82, 2.24) is 4.98 Å². The monoisotopic (exact) mass is 406 g/mol. The van der Waals surface area contributed by atoms with Gasteiger partial charge in [0.25, 0.3) is 0 Å². The van der Waals surface area contributed by atoms with Gasteiger partial charge in [0.2, 0.25) is 0 Å². The van der Waals surface area contributed by atoms with Crippen LogP contribution < -0.4 is 4.90 Å². The number of benzene rings is 1. The highest BCUT2D eigenvalue weighted by Crippen LogP contribution is 2.42. The van der Waals surface area contributed by atoms with Crippen LogP contribution in [0.2, 0.25) is 0 Å². The molecule has 6 nitrogen and oxygen atoms in total. The quantitative estimate of drug-likeness (QED) is 0.457.